The average Bonchev–Trinajstić information content (AvgIpc) is 2.83. The van der Waals surface area contributed by atoms with Gasteiger partial charge in [0.15, 0.2) is 10.9 Å². The van der Waals surface area contributed by atoms with Crippen molar-refractivity contribution in [1.82, 2.24) is 9.97 Å². The van der Waals surface area contributed by atoms with E-state index in [0.29, 0.717) is 16.4 Å². The van der Waals surface area contributed by atoms with Crippen LogP contribution in [-0.4, -0.2) is 9.97 Å². The third-order valence-corrected chi connectivity index (χ3v) is 4.54. The number of anilines is 2. The maximum absolute atomic E-state index is 8.94. The van der Waals surface area contributed by atoms with Gasteiger partial charge in [-0.2, -0.15) is 5.26 Å². The van der Waals surface area contributed by atoms with Crippen LogP contribution in [0.1, 0.15) is 29.0 Å². The normalized spacial score (nSPS) is 13.7. The number of aryl methyl sites for hydroxylation is 2. The molecule has 0 bridgehead atoms. The molecule has 6 heteroatoms. The number of nitrogens with one attached hydrogen (secondary N) is 1. The van der Waals surface area contributed by atoms with Crippen LogP contribution in [0.15, 0.2) is 12.3 Å². The maximum atomic E-state index is 8.94. The van der Waals surface area contributed by atoms with Crippen molar-refractivity contribution in [2.45, 2.75) is 25.7 Å². The molecule has 0 saturated heterocycles. The molecule has 0 saturated carbocycles. The number of hydrogen-bond acceptors (Lipinski definition) is 5. The van der Waals surface area contributed by atoms with Gasteiger partial charge in [-0.3, -0.25) is 0 Å². The Morgan fingerprint density at radius 2 is 2.21 bits per heavy atom. The number of pyridine rings is 1. The zero-order valence-corrected chi connectivity index (χ0v) is 11.7. The van der Waals surface area contributed by atoms with Gasteiger partial charge >= 0.3 is 0 Å². The van der Waals surface area contributed by atoms with E-state index in [-0.39, 0.29) is 0 Å². The first-order valence-corrected chi connectivity index (χ1v) is 7.27. The minimum absolute atomic E-state index is 0.346. The summed E-state index contributed by atoms with van der Waals surface area (Å²) in [6, 6.07) is 3.64. The summed E-state index contributed by atoms with van der Waals surface area (Å²) in [5.74, 6) is 0.492. The molecule has 2 aromatic rings. The minimum atomic E-state index is 0.346. The van der Waals surface area contributed by atoms with Crippen LogP contribution in [-0.2, 0) is 12.8 Å². The Bertz CT molecular complexity index is 636. The van der Waals surface area contributed by atoms with E-state index in [9.17, 15) is 0 Å². The Morgan fingerprint density at radius 1 is 1.37 bits per heavy atom. The summed E-state index contributed by atoms with van der Waals surface area (Å²) < 4.78 is 0. The number of halogens is 1. The molecule has 2 aromatic heterocycles. The molecule has 0 radical (unpaired) electrons. The van der Waals surface area contributed by atoms with Gasteiger partial charge in [0.25, 0.3) is 0 Å². The molecule has 1 aliphatic rings. The van der Waals surface area contributed by atoms with E-state index < -0.39 is 0 Å². The van der Waals surface area contributed by atoms with E-state index in [1.165, 1.54) is 23.4 Å². The molecular weight excluding hydrogens is 280 g/mol. The lowest BCUT2D eigenvalue weighted by atomic mass is 10.0. The standard InChI is InChI=1S/C13H11ClN4S/c14-11-8(7-15)5-6-16-12(11)18-13-17-9-3-1-2-4-10(9)19-13/h5-6H,1-4H2,(H,16,17,18). The smallest absolute Gasteiger partial charge is 0.188 e. The molecule has 1 N–H and O–H groups in total. The third kappa shape index (κ3) is 2.42. The van der Waals surface area contributed by atoms with Crippen LogP contribution in [0.25, 0.3) is 0 Å². The number of fused-ring (bicyclic) bond motifs is 1. The molecule has 0 spiro atoms. The summed E-state index contributed by atoms with van der Waals surface area (Å²) in [5.41, 5.74) is 1.60. The lowest BCUT2D eigenvalue weighted by Gasteiger charge is -2.06. The second kappa shape index (κ2) is 5.16. The molecule has 96 valence electrons. The molecule has 0 unspecified atom stereocenters. The summed E-state index contributed by atoms with van der Waals surface area (Å²) in [6.07, 6.45) is 6.16. The van der Waals surface area contributed by atoms with Gasteiger partial charge in [-0.1, -0.05) is 11.6 Å². The Labute approximate surface area is 120 Å². The van der Waals surface area contributed by atoms with E-state index in [1.54, 1.807) is 23.6 Å². The second-order valence-corrected chi connectivity index (χ2v) is 5.82. The van der Waals surface area contributed by atoms with Crippen molar-refractivity contribution in [1.29, 1.82) is 5.26 Å². The SMILES string of the molecule is N#Cc1ccnc(Nc2nc3c(s2)CCCC3)c1Cl. The highest BCUT2D eigenvalue weighted by molar-refractivity contribution is 7.15. The zero-order chi connectivity index (χ0) is 13.2. The average molecular weight is 291 g/mol. The largest absolute Gasteiger partial charge is 0.315 e. The zero-order valence-electron chi connectivity index (χ0n) is 10.1. The number of nitriles is 1. The van der Waals surface area contributed by atoms with E-state index >= 15 is 0 Å². The van der Waals surface area contributed by atoms with Crippen LogP contribution in [0.5, 0.6) is 0 Å². The predicted molar refractivity (Wildman–Crippen MR) is 76.0 cm³/mol. The lowest BCUT2D eigenvalue weighted by molar-refractivity contribution is 0.683. The number of hydrogen-bond donors (Lipinski definition) is 1. The molecule has 0 amide bonds. The molecule has 2 heterocycles. The molecule has 4 nitrogen and oxygen atoms in total. The molecular formula is C13H11ClN4S. The topological polar surface area (TPSA) is 61.6 Å². The molecule has 0 aromatic carbocycles. The quantitative estimate of drug-likeness (QED) is 0.916. The number of rotatable bonds is 2. The monoisotopic (exact) mass is 290 g/mol. The van der Waals surface area contributed by atoms with Crippen molar-refractivity contribution in [3.8, 4) is 6.07 Å². The highest BCUT2D eigenvalue weighted by atomic mass is 35.5. The fourth-order valence-electron chi connectivity index (χ4n) is 2.12. The summed E-state index contributed by atoms with van der Waals surface area (Å²) in [7, 11) is 0. The first kappa shape index (κ1) is 12.4. The number of aromatic nitrogens is 2. The Morgan fingerprint density at radius 3 is 3.00 bits per heavy atom. The van der Waals surface area contributed by atoms with E-state index in [4.69, 9.17) is 16.9 Å². The molecule has 0 aliphatic heterocycles. The Hall–Kier alpha value is -1.64. The maximum Gasteiger partial charge on any atom is 0.188 e. The fraction of sp³-hybridized carbons (Fsp3) is 0.308. The van der Waals surface area contributed by atoms with Gasteiger partial charge in [-0.15, -0.1) is 11.3 Å². The van der Waals surface area contributed by atoms with E-state index in [0.717, 1.165) is 18.0 Å². The van der Waals surface area contributed by atoms with Gasteiger partial charge in [0, 0.05) is 11.1 Å². The van der Waals surface area contributed by atoms with Gasteiger partial charge in [0.05, 0.1) is 11.3 Å². The molecule has 0 atom stereocenters. The van der Waals surface area contributed by atoms with Crippen LogP contribution in [0, 0.1) is 11.3 Å². The number of nitrogens with zero attached hydrogens (tertiary/aromatic N) is 3. The van der Waals surface area contributed by atoms with Crippen molar-refractivity contribution >= 4 is 33.9 Å². The second-order valence-electron chi connectivity index (χ2n) is 4.35. The fourth-order valence-corrected chi connectivity index (χ4v) is 3.37. The van der Waals surface area contributed by atoms with E-state index in [2.05, 4.69) is 15.3 Å². The van der Waals surface area contributed by atoms with Gasteiger partial charge in [0.1, 0.15) is 11.1 Å². The van der Waals surface area contributed by atoms with Crippen molar-refractivity contribution < 1.29 is 0 Å². The first-order chi connectivity index (χ1) is 9.28. The van der Waals surface area contributed by atoms with Gasteiger partial charge in [-0.05, 0) is 31.7 Å². The van der Waals surface area contributed by atoms with Crippen molar-refractivity contribution in [2.75, 3.05) is 5.32 Å². The molecule has 0 fully saturated rings. The van der Waals surface area contributed by atoms with Crippen molar-refractivity contribution in [3.05, 3.63) is 33.4 Å². The van der Waals surface area contributed by atoms with Crippen LogP contribution >= 0.6 is 22.9 Å². The van der Waals surface area contributed by atoms with Crippen LogP contribution in [0.2, 0.25) is 5.02 Å². The summed E-state index contributed by atoms with van der Waals surface area (Å²) in [6.45, 7) is 0. The summed E-state index contributed by atoms with van der Waals surface area (Å²) >= 11 is 7.76. The van der Waals surface area contributed by atoms with Crippen LogP contribution in [0.3, 0.4) is 0 Å². The van der Waals surface area contributed by atoms with Crippen molar-refractivity contribution in [3.63, 3.8) is 0 Å². The third-order valence-electron chi connectivity index (χ3n) is 3.08. The number of thiazole rings is 1. The first-order valence-electron chi connectivity index (χ1n) is 6.08. The van der Waals surface area contributed by atoms with E-state index in [1.807, 2.05) is 6.07 Å². The molecule has 3 rings (SSSR count). The summed E-state index contributed by atoms with van der Waals surface area (Å²) in [5, 5.41) is 13.2. The highest BCUT2D eigenvalue weighted by Gasteiger charge is 2.16. The highest BCUT2D eigenvalue weighted by Crippen LogP contribution is 2.33. The van der Waals surface area contributed by atoms with Crippen LogP contribution < -0.4 is 5.32 Å². The minimum Gasteiger partial charge on any atom is -0.315 e. The molecule has 19 heavy (non-hydrogen) atoms. The Kier molecular flexibility index (Phi) is 3.36. The lowest BCUT2D eigenvalue weighted by Crippen LogP contribution is -1.99. The van der Waals surface area contributed by atoms with Crippen molar-refractivity contribution in [2.24, 2.45) is 0 Å². The molecule has 1 aliphatic carbocycles. The summed E-state index contributed by atoms with van der Waals surface area (Å²) in [4.78, 5) is 10.1. The van der Waals surface area contributed by atoms with Crippen LogP contribution in [0.4, 0.5) is 10.9 Å². The predicted octanol–water partition coefficient (Wildman–Crippen LogP) is 3.69. The van der Waals surface area contributed by atoms with Gasteiger partial charge in [0.2, 0.25) is 0 Å². The van der Waals surface area contributed by atoms with Gasteiger partial charge in [-0.25, -0.2) is 9.97 Å². The Balaban J connectivity index is 1.89. The van der Waals surface area contributed by atoms with Gasteiger partial charge < -0.3 is 5.32 Å².